The van der Waals surface area contributed by atoms with Crippen LogP contribution in [0.4, 0.5) is 9.93 Å². The molecule has 3 rings (SSSR count). The van der Waals surface area contributed by atoms with Crippen molar-refractivity contribution < 1.29 is 14.3 Å². The molecule has 1 aliphatic heterocycles. The molecular formula is C18H25ClN4O3S. The Morgan fingerprint density at radius 3 is 2.56 bits per heavy atom. The molecule has 1 unspecified atom stereocenters. The van der Waals surface area contributed by atoms with Gasteiger partial charge in [-0.1, -0.05) is 0 Å². The smallest absolute Gasteiger partial charge is 0.317 e. The second kappa shape index (κ2) is 9.66. The van der Waals surface area contributed by atoms with Gasteiger partial charge in [-0.2, -0.15) is 0 Å². The third-order valence-corrected chi connectivity index (χ3v) is 5.33. The lowest BCUT2D eigenvalue weighted by molar-refractivity contribution is 0.191. The van der Waals surface area contributed by atoms with Crippen molar-refractivity contribution in [2.24, 2.45) is 0 Å². The maximum absolute atomic E-state index is 12.6. The van der Waals surface area contributed by atoms with Crippen molar-refractivity contribution in [2.75, 3.05) is 45.3 Å². The van der Waals surface area contributed by atoms with Crippen LogP contribution in [0.2, 0.25) is 0 Å². The van der Waals surface area contributed by atoms with Gasteiger partial charge >= 0.3 is 6.03 Å². The normalized spacial score (nSPS) is 14.9. The van der Waals surface area contributed by atoms with Crippen LogP contribution in [0.3, 0.4) is 0 Å². The van der Waals surface area contributed by atoms with E-state index >= 15 is 0 Å². The van der Waals surface area contributed by atoms with E-state index in [9.17, 15) is 4.79 Å². The van der Waals surface area contributed by atoms with Gasteiger partial charge < -0.3 is 24.6 Å². The highest BCUT2D eigenvalue weighted by atomic mass is 35.5. The first-order valence-electron chi connectivity index (χ1n) is 8.54. The van der Waals surface area contributed by atoms with Gasteiger partial charge in [-0.05, 0) is 25.1 Å². The second-order valence-corrected chi connectivity index (χ2v) is 6.94. The van der Waals surface area contributed by atoms with Crippen LogP contribution in [0, 0.1) is 0 Å². The highest BCUT2D eigenvalue weighted by Gasteiger charge is 2.24. The van der Waals surface area contributed by atoms with Crippen LogP contribution < -0.4 is 19.7 Å². The maximum Gasteiger partial charge on any atom is 0.317 e. The van der Waals surface area contributed by atoms with Gasteiger partial charge in [0, 0.05) is 43.3 Å². The minimum absolute atomic E-state index is 0. The van der Waals surface area contributed by atoms with Crippen LogP contribution in [0.1, 0.15) is 18.5 Å². The van der Waals surface area contributed by atoms with Gasteiger partial charge in [-0.3, -0.25) is 0 Å². The van der Waals surface area contributed by atoms with Gasteiger partial charge in [0.1, 0.15) is 11.5 Å². The molecule has 7 nitrogen and oxygen atoms in total. The number of nitrogens with one attached hydrogen (secondary N) is 1. The predicted molar refractivity (Wildman–Crippen MR) is 110 cm³/mol. The molecule has 0 bridgehead atoms. The molecule has 2 aromatic rings. The summed E-state index contributed by atoms with van der Waals surface area (Å²) in [5.74, 6) is 1.46. The van der Waals surface area contributed by atoms with Gasteiger partial charge in [0.05, 0.1) is 20.3 Å². The molecule has 0 spiro atoms. The van der Waals surface area contributed by atoms with E-state index in [-0.39, 0.29) is 24.5 Å². The molecule has 2 amide bonds. The number of aromatic nitrogens is 1. The van der Waals surface area contributed by atoms with Crippen molar-refractivity contribution in [3.05, 3.63) is 35.3 Å². The third-order valence-electron chi connectivity index (χ3n) is 4.50. The molecule has 1 aliphatic rings. The van der Waals surface area contributed by atoms with Gasteiger partial charge in [0.25, 0.3) is 0 Å². The Kier molecular flexibility index (Phi) is 7.55. The minimum atomic E-state index is -0.190. The standard InChI is InChI=1S/C18H24N4O3S.ClH/c1-13(15-12-14(24-2)4-5-16(15)25-3)20-17(23)21-7-9-22(10-8-21)18-19-6-11-26-18;/h4-6,11-13H,7-10H2,1-3H3,(H,20,23);1H. The van der Waals surface area contributed by atoms with Crippen molar-refractivity contribution in [2.45, 2.75) is 13.0 Å². The average Bonchev–Trinajstić information content (AvgIpc) is 3.22. The summed E-state index contributed by atoms with van der Waals surface area (Å²) < 4.78 is 10.7. The Morgan fingerprint density at radius 1 is 1.22 bits per heavy atom. The van der Waals surface area contributed by atoms with Crippen molar-refractivity contribution in [1.29, 1.82) is 0 Å². The fourth-order valence-electron chi connectivity index (χ4n) is 3.00. The number of benzene rings is 1. The number of anilines is 1. The molecule has 0 aliphatic carbocycles. The maximum atomic E-state index is 12.6. The lowest BCUT2D eigenvalue weighted by atomic mass is 10.1. The van der Waals surface area contributed by atoms with Crippen LogP contribution in [-0.4, -0.2) is 56.3 Å². The zero-order chi connectivity index (χ0) is 18.5. The predicted octanol–water partition coefficient (Wildman–Crippen LogP) is 3.17. The number of carbonyl (C=O) groups is 1. The number of rotatable bonds is 5. The number of carbonyl (C=O) groups excluding carboxylic acids is 1. The van der Waals surface area contributed by atoms with Crippen LogP contribution in [0.25, 0.3) is 0 Å². The molecule has 1 atom stereocenters. The fourth-order valence-corrected chi connectivity index (χ4v) is 3.70. The highest BCUT2D eigenvalue weighted by molar-refractivity contribution is 7.13. The molecule has 0 saturated carbocycles. The summed E-state index contributed by atoms with van der Waals surface area (Å²) in [4.78, 5) is 21.0. The number of methoxy groups -OCH3 is 2. The summed E-state index contributed by atoms with van der Waals surface area (Å²) in [6.45, 7) is 4.87. The molecular weight excluding hydrogens is 388 g/mol. The number of nitrogens with zero attached hydrogens (tertiary/aromatic N) is 3. The first-order chi connectivity index (χ1) is 12.6. The lowest BCUT2D eigenvalue weighted by Crippen LogP contribution is -2.52. The Morgan fingerprint density at radius 2 is 1.96 bits per heavy atom. The van der Waals surface area contributed by atoms with Crippen molar-refractivity contribution >= 4 is 34.9 Å². The summed E-state index contributed by atoms with van der Waals surface area (Å²) in [6.07, 6.45) is 1.81. The van der Waals surface area contributed by atoms with E-state index in [1.54, 1.807) is 25.6 Å². The molecule has 1 aromatic heterocycles. The number of urea groups is 1. The van der Waals surface area contributed by atoms with Gasteiger partial charge in [-0.15, -0.1) is 23.7 Å². The van der Waals surface area contributed by atoms with Gasteiger partial charge in [-0.25, -0.2) is 9.78 Å². The molecule has 1 N–H and O–H groups in total. The molecule has 148 valence electrons. The number of thiazole rings is 1. The van der Waals surface area contributed by atoms with Crippen molar-refractivity contribution in [1.82, 2.24) is 15.2 Å². The monoisotopic (exact) mass is 412 g/mol. The summed E-state index contributed by atoms with van der Waals surface area (Å²) >= 11 is 1.62. The van der Waals surface area contributed by atoms with Gasteiger partial charge in [0.2, 0.25) is 0 Å². The largest absolute Gasteiger partial charge is 0.497 e. The number of ether oxygens (including phenoxy) is 2. The Hall–Kier alpha value is -2.19. The molecule has 1 fully saturated rings. The first kappa shape index (κ1) is 21.1. The SMILES string of the molecule is COc1ccc(OC)c(C(C)NC(=O)N2CCN(c3nccs3)CC2)c1.Cl. The third kappa shape index (κ3) is 4.95. The van der Waals surface area contributed by atoms with E-state index in [1.807, 2.05) is 41.6 Å². The molecule has 27 heavy (non-hydrogen) atoms. The van der Waals surface area contributed by atoms with Gasteiger partial charge in [0.15, 0.2) is 5.13 Å². The van der Waals surface area contributed by atoms with E-state index in [2.05, 4.69) is 15.2 Å². The Bertz CT molecular complexity index is 736. The second-order valence-electron chi connectivity index (χ2n) is 6.07. The van der Waals surface area contributed by atoms with Crippen LogP contribution in [-0.2, 0) is 0 Å². The number of halogens is 1. The van der Waals surface area contributed by atoms with E-state index in [4.69, 9.17) is 9.47 Å². The summed E-state index contributed by atoms with van der Waals surface area (Å²) in [5.41, 5.74) is 0.890. The van der Waals surface area contributed by atoms with Crippen LogP contribution in [0.15, 0.2) is 29.8 Å². The van der Waals surface area contributed by atoms with E-state index in [0.717, 1.165) is 35.3 Å². The van der Waals surface area contributed by atoms with Crippen LogP contribution >= 0.6 is 23.7 Å². The minimum Gasteiger partial charge on any atom is -0.497 e. The summed E-state index contributed by atoms with van der Waals surface area (Å²) in [7, 11) is 3.24. The zero-order valence-electron chi connectivity index (χ0n) is 15.7. The van der Waals surface area contributed by atoms with E-state index in [0.29, 0.717) is 13.1 Å². The highest BCUT2D eigenvalue weighted by Crippen LogP contribution is 2.29. The number of hydrogen-bond donors (Lipinski definition) is 1. The van der Waals surface area contributed by atoms with Crippen molar-refractivity contribution in [3.8, 4) is 11.5 Å². The molecule has 1 saturated heterocycles. The molecule has 1 aromatic carbocycles. The number of hydrogen-bond acceptors (Lipinski definition) is 6. The summed E-state index contributed by atoms with van der Waals surface area (Å²) in [5, 5.41) is 6.04. The quantitative estimate of drug-likeness (QED) is 0.816. The fraction of sp³-hybridized carbons (Fsp3) is 0.444. The van der Waals surface area contributed by atoms with Crippen molar-refractivity contribution in [3.63, 3.8) is 0 Å². The topological polar surface area (TPSA) is 66.9 Å². The number of piperazine rings is 1. The average molecular weight is 413 g/mol. The lowest BCUT2D eigenvalue weighted by Gasteiger charge is -2.35. The van der Waals surface area contributed by atoms with E-state index < -0.39 is 0 Å². The molecule has 2 heterocycles. The van der Waals surface area contributed by atoms with E-state index in [1.165, 1.54) is 0 Å². The van der Waals surface area contributed by atoms with Crippen LogP contribution in [0.5, 0.6) is 11.5 Å². The summed E-state index contributed by atoms with van der Waals surface area (Å²) in [6, 6.07) is 5.33. The Balaban J connectivity index is 0.00000261. The Labute approximate surface area is 169 Å². The molecule has 9 heteroatoms. The zero-order valence-corrected chi connectivity index (χ0v) is 17.3. The molecule has 0 radical (unpaired) electrons. The first-order valence-corrected chi connectivity index (χ1v) is 9.42. The number of amides is 2.